The summed E-state index contributed by atoms with van der Waals surface area (Å²) in [6, 6.07) is 3.14. The van der Waals surface area contributed by atoms with Gasteiger partial charge >= 0.3 is 0 Å². The molecule has 1 fully saturated rings. The Hall–Kier alpha value is -1.04. The molecule has 0 spiro atoms. The number of nitrogens with two attached hydrogens (primary N) is 1. The number of nitrogens with zero attached hydrogens (tertiary/aromatic N) is 2. The summed E-state index contributed by atoms with van der Waals surface area (Å²) in [6.07, 6.45) is 0. The molecule has 0 radical (unpaired) electrons. The first-order valence-corrected chi connectivity index (χ1v) is 6.09. The van der Waals surface area contributed by atoms with Gasteiger partial charge in [-0.1, -0.05) is 6.07 Å². The smallest absolute Gasteiger partial charge is 0.130 e. The molecule has 2 rings (SSSR count). The zero-order valence-electron chi connectivity index (χ0n) is 10.7. The fraction of sp³-hybridized carbons (Fsp3) is 0.538. The second-order valence-corrected chi connectivity index (χ2v) is 4.97. The van der Waals surface area contributed by atoms with Gasteiger partial charge in [0.25, 0.3) is 0 Å². The minimum Gasteiger partial charge on any atom is -0.322 e. The minimum absolute atomic E-state index is 0.00958. The zero-order valence-corrected chi connectivity index (χ0v) is 10.7. The number of piperazine rings is 1. The van der Waals surface area contributed by atoms with E-state index in [1.165, 1.54) is 18.2 Å². The highest BCUT2D eigenvalue weighted by molar-refractivity contribution is 5.24. The summed E-state index contributed by atoms with van der Waals surface area (Å²) >= 11 is 0. The molecular weight excluding hydrogens is 236 g/mol. The highest BCUT2D eigenvalue weighted by atomic mass is 19.1. The van der Waals surface area contributed by atoms with Gasteiger partial charge in [-0.05, 0) is 26.2 Å². The summed E-state index contributed by atoms with van der Waals surface area (Å²) in [5, 5.41) is 0. The molecule has 0 aliphatic carbocycles. The normalized spacial score (nSPS) is 24.2. The lowest BCUT2D eigenvalue weighted by Crippen LogP contribution is -2.54. The maximum Gasteiger partial charge on any atom is 0.130 e. The first-order chi connectivity index (χ1) is 8.50. The third kappa shape index (κ3) is 2.53. The minimum atomic E-state index is -0.654. The maximum absolute atomic E-state index is 13.7. The molecule has 100 valence electrons. The van der Waals surface area contributed by atoms with Crippen LogP contribution in [0, 0.1) is 11.6 Å². The van der Waals surface area contributed by atoms with Gasteiger partial charge in [0.15, 0.2) is 0 Å². The van der Waals surface area contributed by atoms with Crippen LogP contribution < -0.4 is 5.73 Å². The third-order valence-corrected chi connectivity index (χ3v) is 3.65. The predicted octanol–water partition coefficient (Wildman–Crippen LogP) is 1.21. The van der Waals surface area contributed by atoms with Gasteiger partial charge in [0.2, 0.25) is 0 Å². The lowest BCUT2D eigenvalue weighted by molar-refractivity contribution is 0.0956. The van der Waals surface area contributed by atoms with E-state index in [0.717, 1.165) is 13.1 Å². The lowest BCUT2D eigenvalue weighted by atomic mass is 9.96. The molecule has 0 saturated carbocycles. The van der Waals surface area contributed by atoms with E-state index in [1.54, 1.807) is 0 Å². The Bertz CT molecular complexity index is 404. The average molecular weight is 255 g/mol. The fourth-order valence-corrected chi connectivity index (χ4v) is 2.45. The van der Waals surface area contributed by atoms with Gasteiger partial charge in [-0.3, -0.25) is 4.90 Å². The van der Waals surface area contributed by atoms with Crippen molar-refractivity contribution < 1.29 is 8.78 Å². The van der Waals surface area contributed by atoms with Crippen molar-refractivity contribution in [2.45, 2.75) is 12.1 Å². The van der Waals surface area contributed by atoms with Crippen LogP contribution in [0.15, 0.2) is 18.2 Å². The number of halogens is 2. The van der Waals surface area contributed by atoms with E-state index in [1.807, 2.05) is 14.1 Å². The van der Waals surface area contributed by atoms with Crippen molar-refractivity contribution in [2.24, 2.45) is 5.73 Å². The van der Waals surface area contributed by atoms with Gasteiger partial charge in [0.05, 0.1) is 6.04 Å². The second-order valence-electron chi connectivity index (χ2n) is 4.97. The van der Waals surface area contributed by atoms with E-state index in [2.05, 4.69) is 9.80 Å². The summed E-state index contributed by atoms with van der Waals surface area (Å²) < 4.78 is 27.5. The van der Waals surface area contributed by atoms with E-state index in [4.69, 9.17) is 5.73 Å². The van der Waals surface area contributed by atoms with Crippen LogP contribution >= 0.6 is 0 Å². The Morgan fingerprint density at radius 3 is 2.44 bits per heavy atom. The van der Waals surface area contributed by atoms with Gasteiger partial charge < -0.3 is 10.6 Å². The van der Waals surface area contributed by atoms with Crippen LogP contribution in [-0.4, -0.2) is 49.6 Å². The van der Waals surface area contributed by atoms with Crippen molar-refractivity contribution in [3.8, 4) is 0 Å². The summed E-state index contributed by atoms with van der Waals surface area (Å²) in [4.78, 5) is 4.19. The van der Waals surface area contributed by atoms with Gasteiger partial charge in [-0.2, -0.15) is 0 Å². The van der Waals surface area contributed by atoms with E-state index in [-0.39, 0.29) is 11.6 Å². The number of hydrogen-bond donors (Lipinski definition) is 1. The SMILES string of the molecule is CN1CCN(C)C(C(N)c2c(F)cccc2F)C1. The Kier molecular flexibility index (Phi) is 3.94. The topological polar surface area (TPSA) is 32.5 Å². The van der Waals surface area contributed by atoms with E-state index >= 15 is 0 Å². The Morgan fingerprint density at radius 1 is 1.22 bits per heavy atom. The van der Waals surface area contributed by atoms with Crippen LogP contribution in [-0.2, 0) is 0 Å². The highest BCUT2D eigenvalue weighted by Crippen LogP contribution is 2.25. The number of likely N-dealkylation sites (N-methyl/N-ethyl adjacent to an activating group) is 2. The van der Waals surface area contributed by atoms with Gasteiger partial charge in [-0.25, -0.2) is 8.78 Å². The quantitative estimate of drug-likeness (QED) is 0.862. The molecule has 18 heavy (non-hydrogen) atoms. The molecule has 0 bridgehead atoms. The van der Waals surface area contributed by atoms with Crippen LogP contribution in [0.3, 0.4) is 0 Å². The van der Waals surface area contributed by atoms with Crippen LogP contribution in [0.25, 0.3) is 0 Å². The maximum atomic E-state index is 13.7. The Labute approximate surface area is 106 Å². The van der Waals surface area contributed by atoms with Crippen molar-refractivity contribution in [3.05, 3.63) is 35.4 Å². The van der Waals surface area contributed by atoms with Crippen LogP contribution in [0.1, 0.15) is 11.6 Å². The van der Waals surface area contributed by atoms with Crippen molar-refractivity contribution >= 4 is 0 Å². The molecule has 0 amide bonds. The van der Waals surface area contributed by atoms with E-state index < -0.39 is 17.7 Å². The van der Waals surface area contributed by atoms with Gasteiger partial charge in [0, 0.05) is 31.2 Å². The van der Waals surface area contributed by atoms with Crippen LogP contribution in [0.5, 0.6) is 0 Å². The standard InChI is InChI=1S/C13H19F2N3/c1-17-6-7-18(2)11(8-17)13(16)12-9(14)4-3-5-10(12)15/h3-5,11,13H,6-8,16H2,1-2H3. The first-order valence-electron chi connectivity index (χ1n) is 6.09. The largest absolute Gasteiger partial charge is 0.322 e. The van der Waals surface area contributed by atoms with Gasteiger partial charge in [-0.15, -0.1) is 0 Å². The average Bonchev–Trinajstić information content (AvgIpc) is 2.32. The second kappa shape index (κ2) is 5.30. The molecule has 2 atom stereocenters. The molecular formula is C13H19F2N3. The van der Waals surface area contributed by atoms with Crippen molar-refractivity contribution in [1.82, 2.24) is 9.80 Å². The summed E-state index contributed by atoms with van der Waals surface area (Å²) in [6.45, 7) is 2.51. The van der Waals surface area contributed by atoms with Crippen LogP contribution in [0.4, 0.5) is 8.78 Å². The molecule has 2 unspecified atom stereocenters. The van der Waals surface area contributed by atoms with E-state index in [0.29, 0.717) is 6.54 Å². The Morgan fingerprint density at radius 2 is 1.83 bits per heavy atom. The molecule has 0 aromatic heterocycles. The fourth-order valence-electron chi connectivity index (χ4n) is 2.45. The summed E-state index contributed by atoms with van der Waals surface area (Å²) in [5.41, 5.74) is 6.07. The van der Waals surface area contributed by atoms with Crippen LogP contribution in [0.2, 0.25) is 0 Å². The summed E-state index contributed by atoms with van der Waals surface area (Å²) in [5.74, 6) is -1.13. The molecule has 1 aromatic carbocycles. The predicted molar refractivity (Wildman–Crippen MR) is 67.2 cm³/mol. The van der Waals surface area contributed by atoms with Crippen molar-refractivity contribution in [3.63, 3.8) is 0 Å². The van der Waals surface area contributed by atoms with Gasteiger partial charge in [0.1, 0.15) is 11.6 Å². The summed E-state index contributed by atoms with van der Waals surface area (Å²) in [7, 11) is 3.93. The Balaban J connectivity index is 2.27. The number of benzene rings is 1. The lowest BCUT2D eigenvalue weighted by Gasteiger charge is -2.40. The molecule has 2 N–H and O–H groups in total. The van der Waals surface area contributed by atoms with E-state index in [9.17, 15) is 8.78 Å². The van der Waals surface area contributed by atoms with Crippen molar-refractivity contribution in [1.29, 1.82) is 0 Å². The third-order valence-electron chi connectivity index (χ3n) is 3.65. The molecule has 1 aromatic rings. The van der Waals surface area contributed by atoms with Crippen molar-refractivity contribution in [2.75, 3.05) is 33.7 Å². The number of rotatable bonds is 2. The molecule has 1 aliphatic rings. The monoisotopic (exact) mass is 255 g/mol. The molecule has 1 aliphatic heterocycles. The first kappa shape index (κ1) is 13.4. The zero-order chi connectivity index (χ0) is 13.3. The molecule has 3 nitrogen and oxygen atoms in total. The highest BCUT2D eigenvalue weighted by Gasteiger charge is 2.31. The molecule has 5 heteroatoms. The molecule has 1 heterocycles. The number of hydrogen-bond acceptors (Lipinski definition) is 3. The molecule has 1 saturated heterocycles.